The molecule has 0 aliphatic rings. The summed E-state index contributed by atoms with van der Waals surface area (Å²) >= 11 is 11.9. The molecule has 0 radical (unpaired) electrons. The Bertz CT molecular complexity index is 927. The number of ether oxygens (including phenoxy) is 2. The molecule has 0 atom stereocenters. The Morgan fingerprint density at radius 3 is 2.77 bits per heavy atom. The third-order valence-corrected chi connectivity index (χ3v) is 4.11. The lowest BCUT2D eigenvalue weighted by Crippen LogP contribution is -2.08. The summed E-state index contributed by atoms with van der Waals surface area (Å²) in [5.41, 5.74) is 1.31. The maximum atomic E-state index is 12.0. The average molecular weight is 393 g/mol. The quantitative estimate of drug-likeness (QED) is 0.580. The van der Waals surface area contributed by atoms with Gasteiger partial charge in [0.2, 0.25) is 5.82 Å². The lowest BCUT2D eigenvalue weighted by Gasteiger charge is -2.05. The molecule has 0 unspecified atom stereocenters. The van der Waals surface area contributed by atoms with Crippen molar-refractivity contribution in [3.05, 3.63) is 64.0 Å². The largest absolute Gasteiger partial charge is 0.496 e. The second kappa shape index (κ2) is 8.21. The van der Waals surface area contributed by atoms with Gasteiger partial charge in [0.05, 0.1) is 19.1 Å². The first kappa shape index (κ1) is 18.2. The zero-order chi connectivity index (χ0) is 18.5. The maximum Gasteiger partial charge on any atom is 0.310 e. The molecule has 26 heavy (non-hydrogen) atoms. The van der Waals surface area contributed by atoms with E-state index in [-0.39, 0.29) is 18.9 Å². The highest BCUT2D eigenvalue weighted by Gasteiger charge is 2.15. The molecule has 2 aromatic carbocycles. The van der Waals surface area contributed by atoms with Crippen molar-refractivity contribution in [2.45, 2.75) is 13.0 Å². The summed E-state index contributed by atoms with van der Waals surface area (Å²) in [6.07, 6.45) is 0.0174. The number of carbonyl (C=O) groups excluding carboxylic acids is 1. The molecular formula is C18H14Cl2N2O4. The number of carbonyl (C=O) groups is 1. The molecule has 3 aromatic rings. The molecule has 0 spiro atoms. The van der Waals surface area contributed by atoms with Crippen LogP contribution in [0.2, 0.25) is 10.0 Å². The van der Waals surface area contributed by atoms with Gasteiger partial charge in [-0.25, -0.2) is 0 Å². The predicted molar refractivity (Wildman–Crippen MR) is 96.2 cm³/mol. The molecule has 0 saturated heterocycles. The minimum absolute atomic E-state index is 0.0174. The van der Waals surface area contributed by atoms with E-state index < -0.39 is 5.97 Å². The number of esters is 1. The Kier molecular flexibility index (Phi) is 5.75. The third-order valence-electron chi connectivity index (χ3n) is 3.52. The van der Waals surface area contributed by atoms with Crippen molar-refractivity contribution < 1.29 is 18.8 Å². The zero-order valence-corrected chi connectivity index (χ0v) is 15.3. The first-order chi connectivity index (χ1) is 12.6. The average Bonchev–Trinajstić information content (AvgIpc) is 3.11. The SMILES string of the molecule is COc1ccccc1-c1noc(COC(=O)Cc2ccc(Cl)cc2Cl)n1. The number of rotatable bonds is 6. The first-order valence-electron chi connectivity index (χ1n) is 7.62. The maximum absolute atomic E-state index is 12.0. The highest BCUT2D eigenvalue weighted by Crippen LogP contribution is 2.27. The van der Waals surface area contributed by atoms with Crippen molar-refractivity contribution in [1.82, 2.24) is 10.1 Å². The molecule has 0 fully saturated rings. The Balaban J connectivity index is 1.62. The van der Waals surface area contributed by atoms with E-state index in [1.54, 1.807) is 31.4 Å². The van der Waals surface area contributed by atoms with Crippen LogP contribution >= 0.6 is 23.2 Å². The number of nitrogens with zero attached hydrogens (tertiary/aromatic N) is 2. The summed E-state index contributed by atoms with van der Waals surface area (Å²) in [6.45, 7) is -0.133. The fraction of sp³-hybridized carbons (Fsp3) is 0.167. The predicted octanol–water partition coefficient (Wildman–Crippen LogP) is 4.34. The summed E-state index contributed by atoms with van der Waals surface area (Å²) in [6, 6.07) is 12.2. The monoisotopic (exact) mass is 392 g/mol. The van der Waals surface area contributed by atoms with E-state index >= 15 is 0 Å². The first-order valence-corrected chi connectivity index (χ1v) is 8.38. The molecule has 0 bridgehead atoms. The van der Waals surface area contributed by atoms with E-state index in [0.717, 1.165) is 0 Å². The molecule has 8 heteroatoms. The number of methoxy groups -OCH3 is 1. The Hall–Kier alpha value is -2.57. The standard InChI is InChI=1S/C18H14Cl2N2O4/c1-24-15-5-3-2-4-13(15)18-21-16(26-22-18)10-25-17(23)8-11-6-7-12(19)9-14(11)20/h2-7,9H,8,10H2,1H3. The van der Waals surface area contributed by atoms with Gasteiger partial charge in [-0.15, -0.1) is 0 Å². The second-order valence-electron chi connectivity index (χ2n) is 5.29. The van der Waals surface area contributed by atoms with Crippen LogP contribution in [0.1, 0.15) is 11.5 Å². The van der Waals surface area contributed by atoms with Crippen molar-refractivity contribution in [3.63, 3.8) is 0 Å². The number of benzene rings is 2. The number of para-hydroxylation sites is 1. The van der Waals surface area contributed by atoms with E-state index in [2.05, 4.69) is 10.1 Å². The minimum atomic E-state index is -0.466. The van der Waals surface area contributed by atoms with Crippen LogP contribution in [0, 0.1) is 0 Å². The van der Waals surface area contributed by atoms with Crippen LogP contribution in [0.3, 0.4) is 0 Å². The molecule has 0 aliphatic carbocycles. The van der Waals surface area contributed by atoms with Crippen LogP contribution in [0.15, 0.2) is 47.0 Å². The van der Waals surface area contributed by atoms with Crippen molar-refractivity contribution in [1.29, 1.82) is 0 Å². The fourth-order valence-electron chi connectivity index (χ4n) is 2.27. The van der Waals surface area contributed by atoms with E-state index in [0.29, 0.717) is 32.7 Å². The van der Waals surface area contributed by atoms with E-state index in [4.69, 9.17) is 37.2 Å². The zero-order valence-electron chi connectivity index (χ0n) is 13.7. The van der Waals surface area contributed by atoms with Crippen LogP contribution in [-0.4, -0.2) is 23.2 Å². The molecule has 134 valence electrons. The summed E-state index contributed by atoms with van der Waals surface area (Å²) in [5.74, 6) is 0.691. The summed E-state index contributed by atoms with van der Waals surface area (Å²) in [5, 5.41) is 4.80. The Morgan fingerprint density at radius 1 is 1.19 bits per heavy atom. The molecule has 1 aromatic heterocycles. The molecule has 0 aliphatic heterocycles. The van der Waals surface area contributed by atoms with Crippen LogP contribution < -0.4 is 4.74 Å². The Morgan fingerprint density at radius 2 is 2.00 bits per heavy atom. The van der Waals surface area contributed by atoms with Crippen LogP contribution in [0.4, 0.5) is 0 Å². The van der Waals surface area contributed by atoms with Crippen molar-refractivity contribution in [2.24, 2.45) is 0 Å². The number of hydrogen-bond donors (Lipinski definition) is 0. The number of aromatic nitrogens is 2. The molecule has 3 rings (SSSR count). The van der Waals surface area contributed by atoms with Gasteiger partial charge in [-0.1, -0.05) is 46.6 Å². The third kappa shape index (κ3) is 4.33. The minimum Gasteiger partial charge on any atom is -0.496 e. The van der Waals surface area contributed by atoms with Gasteiger partial charge >= 0.3 is 5.97 Å². The van der Waals surface area contributed by atoms with Crippen LogP contribution in [0.25, 0.3) is 11.4 Å². The number of hydrogen-bond acceptors (Lipinski definition) is 6. The van der Waals surface area contributed by atoms with Gasteiger partial charge in [0.15, 0.2) is 6.61 Å². The smallest absolute Gasteiger partial charge is 0.310 e. The van der Waals surface area contributed by atoms with Gasteiger partial charge in [-0.2, -0.15) is 4.98 Å². The molecule has 6 nitrogen and oxygen atoms in total. The summed E-state index contributed by atoms with van der Waals surface area (Å²) in [7, 11) is 1.56. The highest BCUT2D eigenvalue weighted by atomic mass is 35.5. The number of halogens is 2. The van der Waals surface area contributed by atoms with Crippen molar-refractivity contribution in [3.8, 4) is 17.1 Å². The lowest BCUT2D eigenvalue weighted by molar-refractivity contribution is -0.144. The summed E-state index contributed by atoms with van der Waals surface area (Å²) in [4.78, 5) is 16.2. The van der Waals surface area contributed by atoms with Gasteiger partial charge in [0.1, 0.15) is 5.75 Å². The van der Waals surface area contributed by atoms with Gasteiger partial charge in [-0.05, 0) is 29.8 Å². The highest BCUT2D eigenvalue weighted by molar-refractivity contribution is 6.35. The molecule has 0 N–H and O–H groups in total. The molecule has 0 amide bonds. The van der Waals surface area contributed by atoms with E-state index in [9.17, 15) is 4.79 Å². The van der Waals surface area contributed by atoms with Crippen molar-refractivity contribution >= 4 is 29.2 Å². The molecule has 1 heterocycles. The van der Waals surface area contributed by atoms with Gasteiger partial charge in [0, 0.05) is 10.0 Å². The van der Waals surface area contributed by atoms with E-state index in [1.165, 1.54) is 0 Å². The molecular weight excluding hydrogens is 379 g/mol. The fourth-order valence-corrected chi connectivity index (χ4v) is 2.74. The normalized spacial score (nSPS) is 10.6. The Labute approximate surface area is 159 Å². The second-order valence-corrected chi connectivity index (χ2v) is 6.13. The van der Waals surface area contributed by atoms with Crippen LogP contribution in [-0.2, 0) is 22.6 Å². The lowest BCUT2D eigenvalue weighted by atomic mass is 10.1. The summed E-state index contributed by atoms with van der Waals surface area (Å²) < 4.78 is 15.6. The van der Waals surface area contributed by atoms with Gasteiger partial charge in [-0.3, -0.25) is 4.79 Å². The van der Waals surface area contributed by atoms with E-state index in [1.807, 2.05) is 18.2 Å². The van der Waals surface area contributed by atoms with Crippen LogP contribution in [0.5, 0.6) is 5.75 Å². The van der Waals surface area contributed by atoms with Crippen molar-refractivity contribution in [2.75, 3.05) is 7.11 Å². The van der Waals surface area contributed by atoms with Gasteiger partial charge in [0.25, 0.3) is 5.89 Å². The topological polar surface area (TPSA) is 74.5 Å². The molecule has 0 saturated carbocycles. The van der Waals surface area contributed by atoms with Gasteiger partial charge < -0.3 is 14.0 Å².